The van der Waals surface area contributed by atoms with Crippen molar-refractivity contribution >= 4 is 33.1 Å². The summed E-state index contributed by atoms with van der Waals surface area (Å²) in [6.07, 6.45) is 0. The summed E-state index contributed by atoms with van der Waals surface area (Å²) in [6, 6.07) is 17.2. The van der Waals surface area contributed by atoms with Crippen LogP contribution in [0, 0.1) is 6.92 Å². The van der Waals surface area contributed by atoms with Gasteiger partial charge in [-0.25, -0.2) is 4.98 Å². The number of nitrogens with zero attached hydrogens (tertiary/aromatic N) is 2. The van der Waals surface area contributed by atoms with Crippen LogP contribution in [0.15, 0.2) is 53.9 Å². The van der Waals surface area contributed by atoms with Crippen LogP contribution in [-0.2, 0) is 6.54 Å². The fraction of sp³-hybridized carbons (Fsp3) is 0.118. The molecule has 0 aliphatic heterocycles. The Morgan fingerprint density at radius 2 is 1.55 bits per heavy atom. The van der Waals surface area contributed by atoms with E-state index in [-0.39, 0.29) is 0 Å². The molecule has 2 aromatic carbocycles. The summed E-state index contributed by atoms with van der Waals surface area (Å²) in [6.45, 7) is 2.89. The molecule has 3 heteroatoms. The van der Waals surface area contributed by atoms with Crippen LogP contribution in [0.4, 0.5) is 0 Å². The van der Waals surface area contributed by atoms with E-state index in [9.17, 15) is 0 Å². The van der Waals surface area contributed by atoms with E-state index in [1.54, 1.807) is 11.3 Å². The summed E-state index contributed by atoms with van der Waals surface area (Å²) in [4.78, 5) is 4.60. The minimum absolute atomic E-state index is 0.832. The lowest BCUT2D eigenvalue weighted by Crippen LogP contribution is -1.99. The first-order valence-electron chi connectivity index (χ1n) is 6.70. The van der Waals surface area contributed by atoms with E-state index in [1.807, 2.05) is 0 Å². The van der Waals surface area contributed by atoms with Crippen molar-refractivity contribution in [2.45, 2.75) is 13.5 Å². The molecule has 0 amide bonds. The number of hydrogen-bond donors (Lipinski definition) is 0. The van der Waals surface area contributed by atoms with Crippen molar-refractivity contribution in [1.29, 1.82) is 0 Å². The maximum atomic E-state index is 4.60. The highest BCUT2D eigenvalue weighted by Gasteiger charge is 2.10. The molecule has 20 heavy (non-hydrogen) atoms. The van der Waals surface area contributed by atoms with Gasteiger partial charge < -0.3 is 4.57 Å². The van der Waals surface area contributed by atoms with Gasteiger partial charge in [-0.05, 0) is 19.1 Å². The van der Waals surface area contributed by atoms with Crippen molar-refractivity contribution in [3.63, 3.8) is 0 Å². The highest BCUT2D eigenvalue weighted by molar-refractivity contribution is 7.09. The van der Waals surface area contributed by atoms with Crippen molar-refractivity contribution in [3.05, 3.63) is 64.6 Å². The normalized spacial score (nSPS) is 11.4. The Hall–Kier alpha value is -2.13. The van der Waals surface area contributed by atoms with E-state index in [0.717, 1.165) is 17.2 Å². The summed E-state index contributed by atoms with van der Waals surface area (Å²) < 4.78 is 2.36. The summed E-state index contributed by atoms with van der Waals surface area (Å²) in [5.41, 5.74) is 3.69. The maximum absolute atomic E-state index is 4.60. The molecule has 0 bridgehead atoms. The SMILES string of the molecule is Cc1nc(Cn2c3ccccc3c3ccccc32)cs1. The Kier molecular flexibility index (Phi) is 2.60. The molecule has 0 aliphatic rings. The molecule has 0 unspecified atom stereocenters. The molecule has 0 atom stereocenters. The molecule has 0 radical (unpaired) electrons. The van der Waals surface area contributed by atoms with E-state index in [4.69, 9.17) is 0 Å². The third kappa shape index (κ3) is 1.74. The van der Waals surface area contributed by atoms with Gasteiger partial charge in [0.15, 0.2) is 0 Å². The fourth-order valence-corrected chi connectivity index (χ4v) is 3.42. The molecule has 2 heterocycles. The average molecular weight is 278 g/mol. The van der Waals surface area contributed by atoms with Crippen LogP contribution >= 0.6 is 11.3 Å². The minimum atomic E-state index is 0.832. The lowest BCUT2D eigenvalue weighted by Gasteiger charge is -2.05. The van der Waals surface area contributed by atoms with Gasteiger partial charge in [-0.15, -0.1) is 11.3 Å². The molecule has 0 fully saturated rings. The number of aryl methyl sites for hydroxylation is 1. The van der Waals surface area contributed by atoms with Gasteiger partial charge in [0, 0.05) is 27.2 Å². The average Bonchev–Trinajstić information content (AvgIpc) is 3.03. The van der Waals surface area contributed by atoms with Gasteiger partial charge in [-0.2, -0.15) is 0 Å². The standard InChI is InChI=1S/C17H14N2S/c1-12-18-13(11-20-12)10-19-16-8-4-2-6-14(16)15-7-3-5-9-17(15)19/h2-9,11H,10H2,1H3. The molecule has 0 saturated carbocycles. The Morgan fingerprint density at radius 1 is 0.950 bits per heavy atom. The van der Waals surface area contributed by atoms with E-state index < -0.39 is 0 Å². The van der Waals surface area contributed by atoms with Gasteiger partial charge in [0.1, 0.15) is 0 Å². The molecule has 0 spiro atoms. The maximum Gasteiger partial charge on any atom is 0.0898 e. The molecule has 4 aromatic rings. The molecule has 0 saturated heterocycles. The zero-order chi connectivity index (χ0) is 13.5. The Labute approximate surface area is 121 Å². The van der Waals surface area contributed by atoms with Crippen molar-refractivity contribution < 1.29 is 0 Å². The molecule has 4 rings (SSSR count). The smallest absolute Gasteiger partial charge is 0.0898 e. The first-order chi connectivity index (χ1) is 9.83. The number of fused-ring (bicyclic) bond motifs is 3. The Balaban J connectivity index is 2.00. The summed E-state index contributed by atoms with van der Waals surface area (Å²) >= 11 is 1.71. The zero-order valence-corrected chi connectivity index (χ0v) is 12.0. The number of hydrogen-bond acceptors (Lipinski definition) is 2. The molecule has 98 valence electrons. The van der Waals surface area contributed by atoms with E-state index in [0.29, 0.717) is 0 Å². The van der Waals surface area contributed by atoms with Crippen LogP contribution in [0.2, 0.25) is 0 Å². The predicted molar refractivity (Wildman–Crippen MR) is 85.4 cm³/mol. The topological polar surface area (TPSA) is 17.8 Å². The summed E-state index contributed by atoms with van der Waals surface area (Å²) in [7, 11) is 0. The largest absolute Gasteiger partial charge is 0.334 e. The van der Waals surface area contributed by atoms with Gasteiger partial charge >= 0.3 is 0 Å². The second-order valence-corrected chi connectivity index (χ2v) is 6.04. The number of rotatable bonds is 2. The van der Waals surface area contributed by atoms with Crippen LogP contribution in [0.25, 0.3) is 21.8 Å². The molecule has 2 nitrogen and oxygen atoms in total. The predicted octanol–water partition coefficient (Wildman–Crippen LogP) is 4.61. The molecule has 0 aliphatic carbocycles. The van der Waals surface area contributed by atoms with Crippen molar-refractivity contribution in [1.82, 2.24) is 9.55 Å². The highest BCUT2D eigenvalue weighted by Crippen LogP contribution is 2.29. The number of aromatic nitrogens is 2. The van der Waals surface area contributed by atoms with Gasteiger partial charge in [0.25, 0.3) is 0 Å². The third-order valence-electron chi connectivity index (χ3n) is 3.67. The van der Waals surface area contributed by atoms with Crippen LogP contribution < -0.4 is 0 Å². The Morgan fingerprint density at radius 3 is 2.10 bits per heavy atom. The lowest BCUT2D eigenvalue weighted by atomic mass is 10.2. The van der Waals surface area contributed by atoms with E-state index in [2.05, 4.69) is 70.4 Å². The van der Waals surface area contributed by atoms with Crippen LogP contribution in [0.1, 0.15) is 10.7 Å². The van der Waals surface area contributed by atoms with Crippen LogP contribution in [-0.4, -0.2) is 9.55 Å². The first kappa shape index (κ1) is 11.7. The highest BCUT2D eigenvalue weighted by atomic mass is 32.1. The van der Waals surface area contributed by atoms with Crippen molar-refractivity contribution in [2.24, 2.45) is 0 Å². The minimum Gasteiger partial charge on any atom is -0.334 e. The third-order valence-corrected chi connectivity index (χ3v) is 4.49. The summed E-state index contributed by atoms with van der Waals surface area (Å²) in [5.74, 6) is 0. The van der Waals surface area contributed by atoms with Gasteiger partial charge in [-0.3, -0.25) is 0 Å². The number of benzene rings is 2. The Bertz CT molecular complexity index is 848. The van der Waals surface area contributed by atoms with Gasteiger partial charge in [0.2, 0.25) is 0 Å². The quantitative estimate of drug-likeness (QED) is 0.523. The van der Waals surface area contributed by atoms with Gasteiger partial charge in [-0.1, -0.05) is 36.4 Å². The van der Waals surface area contributed by atoms with Gasteiger partial charge in [0.05, 0.1) is 17.2 Å². The molecule has 0 N–H and O–H groups in total. The van der Waals surface area contributed by atoms with E-state index in [1.165, 1.54) is 21.8 Å². The molecule has 2 aromatic heterocycles. The monoisotopic (exact) mass is 278 g/mol. The van der Waals surface area contributed by atoms with E-state index >= 15 is 0 Å². The number of thiazole rings is 1. The summed E-state index contributed by atoms with van der Waals surface area (Å²) in [5, 5.41) is 5.91. The van der Waals surface area contributed by atoms with Crippen molar-refractivity contribution in [3.8, 4) is 0 Å². The van der Waals surface area contributed by atoms with Crippen LogP contribution in [0.5, 0.6) is 0 Å². The number of para-hydroxylation sites is 2. The first-order valence-corrected chi connectivity index (χ1v) is 7.58. The second kappa shape index (κ2) is 4.46. The lowest BCUT2D eigenvalue weighted by molar-refractivity contribution is 0.840. The second-order valence-electron chi connectivity index (χ2n) is 4.98. The van der Waals surface area contributed by atoms with Crippen molar-refractivity contribution in [2.75, 3.05) is 0 Å². The molecular weight excluding hydrogens is 264 g/mol. The van der Waals surface area contributed by atoms with Crippen LogP contribution in [0.3, 0.4) is 0 Å². The zero-order valence-electron chi connectivity index (χ0n) is 11.2. The fourth-order valence-electron chi connectivity index (χ4n) is 2.82. The molecular formula is C17H14N2S.